The Labute approximate surface area is 77.8 Å². The lowest BCUT2D eigenvalue weighted by atomic mass is 10.1. The van der Waals surface area contributed by atoms with Crippen LogP contribution in [0.2, 0.25) is 0 Å². The van der Waals surface area contributed by atoms with E-state index in [0.29, 0.717) is 11.3 Å². The summed E-state index contributed by atoms with van der Waals surface area (Å²) >= 11 is 1.98. The zero-order valence-electron chi connectivity index (χ0n) is 7.38. The van der Waals surface area contributed by atoms with E-state index in [9.17, 15) is 4.79 Å². The first-order valence-corrected chi connectivity index (χ1v) is 5.31. The van der Waals surface area contributed by atoms with E-state index < -0.39 is 0 Å². The molecule has 0 spiro atoms. The second-order valence-corrected chi connectivity index (χ2v) is 4.66. The van der Waals surface area contributed by atoms with Gasteiger partial charge in [-0.2, -0.15) is 11.8 Å². The molecule has 1 aliphatic rings. The van der Waals surface area contributed by atoms with Gasteiger partial charge >= 0.3 is 0 Å². The van der Waals surface area contributed by atoms with Crippen LogP contribution >= 0.6 is 11.8 Å². The van der Waals surface area contributed by atoms with Gasteiger partial charge in [0, 0.05) is 11.3 Å². The van der Waals surface area contributed by atoms with Gasteiger partial charge in [-0.1, -0.05) is 13.5 Å². The molecule has 0 bridgehead atoms. The highest BCUT2D eigenvalue weighted by Crippen LogP contribution is 2.24. The standard InChI is InChI=1S/C9H15NOS/c1-3-9(11)10-8-4-5-12-7(2)6-8/h3,7-8H,1,4-6H2,2H3,(H,10,11). The number of carbonyl (C=O) groups excluding carboxylic acids is 1. The molecular weight excluding hydrogens is 170 g/mol. The number of hydrogen-bond donors (Lipinski definition) is 1. The molecule has 2 unspecified atom stereocenters. The van der Waals surface area contributed by atoms with Gasteiger partial charge in [0.15, 0.2) is 0 Å². The highest BCUT2D eigenvalue weighted by Gasteiger charge is 2.19. The number of nitrogens with one attached hydrogen (secondary N) is 1. The molecule has 2 nitrogen and oxygen atoms in total. The predicted molar refractivity (Wildman–Crippen MR) is 53.3 cm³/mol. The van der Waals surface area contributed by atoms with Gasteiger partial charge < -0.3 is 5.32 Å². The van der Waals surface area contributed by atoms with Crippen LogP contribution in [0.4, 0.5) is 0 Å². The van der Waals surface area contributed by atoms with Gasteiger partial charge in [-0.3, -0.25) is 4.79 Å². The third-order valence-corrected chi connectivity index (χ3v) is 3.25. The molecule has 1 fully saturated rings. The Kier molecular flexibility index (Phi) is 3.66. The summed E-state index contributed by atoms with van der Waals surface area (Å²) in [6, 6.07) is 0.367. The lowest BCUT2D eigenvalue weighted by Gasteiger charge is -2.26. The molecule has 0 aliphatic carbocycles. The zero-order valence-corrected chi connectivity index (χ0v) is 8.19. The summed E-state index contributed by atoms with van der Waals surface area (Å²) in [5, 5.41) is 3.60. The van der Waals surface area contributed by atoms with E-state index in [4.69, 9.17) is 0 Å². The van der Waals surface area contributed by atoms with E-state index in [1.807, 2.05) is 11.8 Å². The normalized spacial score (nSPS) is 29.4. The second kappa shape index (κ2) is 4.55. The van der Waals surface area contributed by atoms with Crippen LogP contribution in [-0.4, -0.2) is 23.0 Å². The average molecular weight is 185 g/mol. The maximum Gasteiger partial charge on any atom is 0.243 e. The van der Waals surface area contributed by atoms with Crippen molar-refractivity contribution in [1.82, 2.24) is 5.32 Å². The number of rotatable bonds is 2. The van der Waals surface area contributed by atoms with Crippen LogP contribution in [0.3, 0.4) is 0 Å². The molecule has 0 aromatic heterocycles. The number of amides is 1. The maximum absolute atomic E-state index is 11.0. The molecule has 1 rings (SSSR count). The van der Waals surface area contributed by atoms with Gasteiger partial charge in [0.2, 0.25) is 5.91 Å². The zero-order chi connectivity index (χ0) is 8.97. The molecule has 1 saturated heterocycles. The molecule has 1 aliphatic heterocycles. The molecule has 1 heterocycles. The van der Waals surface area contributed by atoms with E-state index >= 15 is 0 Å². The van der Waals surface area contributed by atoms with Crippen LogP contribution in [0.1, 0.15) is 19.8 Å². The third kappa shape index (κ3) is 2.89. The van der Waals surface area contributed by atoms with Crippen LogP contribution in [0.5, 0.6) is 0 Å². The lowest BCUT2D eigenvalue weighted by molar-refractivity contribution is -0.117. The third-order valence-electron chi connectivity index (χ3n) is 2.02. The Morgan fingerprint density at radius 3 is 3.08 bits per heavy atom. The fourth-order valence-corrected chi connectivity index (χ4v) is 2.58. The average Bonchev–Trinajstić information content (AvgIpc) is 2.04. The van der Waals surface area contributed by atoms with Crippen LogP contribution in [0, 0.1) is 0 Å². The van der Waals surface area contributed by atoms with Crippen molar-refractivity contribution in [2.45, 2.75) is 31.1 Å². The minimum atomic E-state index is -0.0425. The summed E-state index contributed by atoms with van der Waals surface area (Å²) in [6.07, 6.45) is 3.52. The molecule has 2 atom stereocenters. The van der Waals surface area contributed by atoms with Crippen molar-refractivity contribution < 1.29 is 4.79 Å². The fraction of sp³-hybridized carbons (Fsp3) is 0.667. The second-order valence-electron chi connectivity index (χ2n) is 3.12. The summed E-state index contributed by atoms with van der Waals surface area (Å²) in [4.78, 5) is 11.0. The van der Waals surface area contributed by atoms with E-state index in [2.05, 4.69) is 18.8 Å². The van der Waals surface area contributed by atoms with E-state index in [-0.39, 0.29) is 5.91 Å². The molecule has 3 heteroatoms. The molecule has 1 N–H and O–H groups in total. The fourth-order valence-electron chi connectivity index (χ4n) is 1.39. The monoisotopic (exact) mass is 185 g/mol. The van der Waals surface area contributed by atoms with Crippen LogP contribution in [-0.2, 0) is 4.79 Å². The van der Waals surface area contributed by atoms with Gasteiger partial charge in [-0.05, 0) is 24.7 Å². The number of carbonyl (C=O) groups is 1. The quantitative estimate of drug-likeness (QED) is 0.662. The Morgan fingerprint density at radius 2 is 2.50 bits per heavy atom. The van der Waals surface area contributed by atoms with Gasteiger partial charge in [0.05, 0.1) is 0 Å². The first-order valence-electron chi connectivity index (χ1n) is 4.27. The number of hydrogen-bond acceptors (Lipinski definition) is 2. The highest BCUT2D eigenvalue weighted by molar-refractivity contribution is 7.99. The maximum atomic E-state index is 11.0. The summed E-state index contributed by atoms with van der Waals surface area (Å²) in [5.74, 6) is 1.11. The number of thioether (sulfide) groups is 1. The van der Waals surface area contributed by atoms with Crippen molar-refractivity contribution in [2.24, 2.45) is 0 Å². The summed E-state index contributed by atoms with van der Waals surface area (Å²) in [5.41, 5.74) is 0. The predicted octanol–water partition coefficient (Wildman–Crippen LogP) is 1.57. The Balaban J connectivity index is 2.31. The Hall–Kier alpha value is -0.440. The van der Waals surface area contributed by atoms with E-state index in [0.717, 1.165) is 18.6 Å². The van der Waals surface area contributed by atoms with Gasteiger partial charge in [0.25, 0.3) is 0 Å². The van der Waals surface area contributed by atoms with Crippen molar-refractivity contribution in [2.75, 3.05) is 5.75 Å². The summed E-state index contributed by atoms with van der Waals surface area (Å²) in [6.45, 7) is 5.63. The minimum absolute atomic E-state index is 0.0425. The smallest absolute Gasteiger partial charge is 0.243 e. The molecule has 12 heavy (non-hydrogen) atoms. The molecular formula is C9H15NOS. The van der Waals surface area contributed by atoms with Crippen molar-refractivity contribution in [3.05, 3.63) is 12.7 Å². The first kappa shape index (κ1) is 9.65. The molecule has 0 radical (unpaired) electrons. The summed E-state index contributed by atoms with van der Waals surface area (Å²) < 4.78 is 0. The minimum Gasteiger partial charge on any atom is -0.350 e. The molecule has 1 amide bonds. The highest BCUT2D eigenvalue weighted by atomic mass is 32.2. The lowest BCUT2D eigenvalue weighted by Crippen LogP contribution is -2.38. The molecule has 0 saturated carbocycles. The Bertz CT molecular complexity index is 181. The largest absolute Gasteiger partial charge is 0.350 e. The topological polar surface area (TPSA) is 29.1 Å². The van der Waals surface area contributed by atoms with E-state index in [1.54, 1.807) is 0 Å². The van der Waals surface area contributed by atoms with Crippen molar-refractivity contribution in [1.29, 1.82) is 0 Å². The Morgan fingerprint density at radius 1 is 1.75 bits per heavy atom. The SMILES string of the molecule is C=CC(=O)NC1CCSC(C)C1. The van der Waals surface area contributed by atoms with Crippen molar-refractivity contribution in [3.63, 3.8) is 0 Å². The molecule has 0 aromatic carbocycles. The first-order chi connectivity index (χ1) is 5.72. The molecule has 68 valence electrons. The van der Waals surface area contributed by atoms with Gasteiger partial charge in [-0.25, -0.2) is 0 Å². The van der Waals surface area contributed by atoms with Gasteiger partial charge in [-0.15, -0.1) is 0 Å². The van der Waals surface area contributed by atoms with E-state index in [1.165, 1.54) is 6.08 Å². The summed E-state index contributed by atoms with van der Waals surface area (Å²) in [7, 11) is 0. The van der Waals surface area contributed by atoms with Crippen LogP contribution < -0.4 is 5.32 Å². The van der Waals surface area contributed by atoms with Crippen molar-refractivity contribution in [3.8, 4) is 0 Å². The van der Waals surface area contributed by atoms with Gasteiger partial charge in [0.1, 0.15) is 0 Å². The van der Waals surface area contributed by atoms with Crippen LogP contribution in [0.25, 0.3) is 0 Å². The van der Waals surface area contributed by atoms with Crippen LogP contribution in [0.15, 0.2) is 12.7 Å². The molecule has 0 aromatic rings. The van der Waals surface area contributed by atoms with Crippen molar-refractivity contribution >= 4 is 17.7 Å².